The first-order valence-corrected chi connectivity index (χ1v) is 9.81. The van der Waals surface area contributed by atoms with Gasteiger partial charge in [-0.1, -0.05) is 59.6 Å². The Bertz CT molecular complexity index is 982. The number of amides is 2. The van der Waals surface area contributed by atoms with Crippen molar-refractivity contribution in [2.75, 3.05) is 18.9 Å². The minimum absolute atomic E-state index is 0.103. The molecule has 2 amide bonds. The van der Waals surface area contributed by atoms with Crippen LogP contribution in [0.4, 0.5) is 5.69 Å². The molecule has 3 rings (SSSR count). The van der Waals surface area contributed by atoms with Gasteiger partial charge >= 0.3 is 0 Å². The lowest BCUT2D eigenvalue weighted by Crippen LogP contribution is -2.35. The lowest BCUT2D eigenvalue weighted by molar-refractivity contribution is -0.133. The summed E-state index contributed by atoms with van der Waals surface area (Å²) in [4.78, 5) is 26.0. The van der Waals surface area contributed by atoms with Crippen LogP contribution in [0.1, 0.15) is 12.2 Å². The van der Waals surface area contributed by atoms with Crippen molar-refractivity contribution in [1.82, 2.24) is 4.90 Å². The lowest BCUT2D eigenvalue weighted by Gasteiger charge is -2.17. The SMILES string of the molecule is CN(CC(=O)Nc1c(Cl)cccc1Cl)C(=O)CCc1ccc(-c2ccccc2)o1. The second-order valence-corrected chi connectivity index (χ2v) is 7.34. The van der Waals surface area contributed by atoms with Crippen LogP contribution in [0.3, 0.4) is 0 Å². The number of nitrogens with zero attached hydrogens (tertiary/aromatic N) is 1. The van der Waals surface area contributed by atoms with Crippen LogP contribution in [0.5, 0.6) is 0 Å². The van der Waals surface area contributed by atoms with Crippen LogP contribution in [0.25, 0.3) is 11.3 Å². The van der Waals surface area contributed by atoms with Crippen LogP contribution in [0, 0.1) is 0 Å². The van der Waals surface area contributed by atoms with Crippen molar-refractivity contribution in [3.63, 3.8) is 0 Å². The van der Waals surface area contributed by atoms with E-state index >= 15 is 0 Å². The first kappa shape index (κ1) is 21.0. The Balaban J connectivity index is 1.50. The quantitative estimate of drug-likeness (QED) is 0.554. The second kappa shape index (κ2) is 9.63. The molecule has 29 heavy (non-hydrogen) atoms. The summed E-state index contributed by atoms with van der Waals surface area (Å²) in [6, 6.07) is 18.5. The van der Waals surface area contributed by atoms with E-state index in [1.165, 1.54) is 4.90 Å². The lowest BCUT2D eigenvalue weighted by atomic mass is 10.2. The number of hydrogen-bond donors (Lipinski definition) is 1. The molecule has 0 fully saturated rings. The summed E-state index contributed by atoms with van der Waals surface area (Å²) in [7, 11) is 1.58. The molecule has 0 unspecified atom stereocenters. The van der Waals surface area contributed by atoms with Gasteiger partial charge in [0.25, 0.3) is 0 Å². The highest BCUT2D eigenvalue weighted by atomic mass is 35.5. The maximum atomic E-state index is 12.4. The molecule has 1 heterocycles. The summed E-state index contributed by atoms with van der Waals surface area (Å²) in [5.74, 6) is 0.943. The highest BCUT2D eigenvalue weighted by molar-refractivity contribution is 6.39. The number of nitrogens with one attached hydrogen (secondary N) is 1. The topological polar surface area (TPSA) is 62.6 Å². The molecule has 0 aliphatic heterocycles. The Kier molecular flexibility index (Phi) is 6.96. The average molecular weight is 431 g/mol. The van der Waals surface area contributed by atoms with Gasteiger partial charge in [0.2, 0.25) is 11.8 Å². The fourth-order valence-electron chi connectivity index (χ4n) is 2.79. The second-order valence-electron chi connectivity index (χ2n) is 6.53. The van der Waals surface area contributed by atoms with Gasteiger partial charge in [0.15, 0.2) is 0 Å². The molecule has 1 N–H and O–H groups in total. The summed E-state index contributed by atoms with van der Waals surface area (Å²) < 4.78 is 5.81. The zero-order chi connectivity index (χ0) is 20.8. The highest BCUT2D eigenvalue weighted by Gasteiger charge is 2.16. The van der Waals surface area contributed by atoms with E-state index in [9.17, 15) is 9.59 Å². The van der Waals surface area contributed by atoms with Gasteiger partial charge in [-0.05, 0) is 24.3 Å². The zero-order valence-electron chi connectivity index (χ0n) is 15.8. The highest BCUT2D eigenvalue weighted by Crippen LogP contribution is 2.29. The van der Waals surface area contributed by atoms with E-state index in [4.69, 9.17) is 27.6 Å². The fourth-order valence-corrected chi connectivity index (χ4v) is 3.28. The van der Waals surface area contributed by atoms with Gasteiger partial charge in [-0.15, -0.1) is 0 Å². The third-order valence-corrected chi connectivity index (χ3v) is 4.97. The number of halogens is 2. The van der Waals surface area contributed by atoms with E-state index in [0.29, 0.717) is 22.2 Å². The van der Waals surface area contributed by atoms with E-state index in [2.05, 4.69) is 5.32 Å². The predicted octanol–water partition coefficient (Wildman–Crippen LogP) is 5.28. The molecule has 150 valence electrons. The van der Waals surface area contributed by atoms with Crippen molar-refractivity contribution in [3.05, 3.63) is 76.5 Å². The van der Waals surface area contributed by atoms with Crippen LogP contribution in [0.2, 0.25) is 10.0 Å². The number of carbonyl (C=O) groups excluding carboxylic acids is 2. The Morgan fingerprint density at radius 3 is 2.34 bits per heavy atom. The normalized spacial score (nSPS) is 10.6. The van der Waals surface area contributed by atoms with Gasteiger partial charge in [-0.2, -0.15) is 0 Å². The summed E-state index contributed by atoms with van der Waals surface area (Å²) in [5.41, 5.74) is 1.32. The number of anilines is 1. The largest absolute Gasteiger partial charge is 0.461 e. The van der Waals surface area contributed by atoms with Crippen molar-refractivity contribution in [2.45, 2.75) is 12.8 Å². The van der Waals surface area contributed by atoms with Crippen LogP contribution in [-0.4, -0.2) is 30.3 Å². The van der Waals surface area contributed by atoms with Crippen LogP contribution < -0.4 is 5.32 Å². The molecule has 0 radical (unpaired) electrons. The number of carbonyl (C=O) groups is 2. The number of aryl methyl sites for hydroxylation is 1. The van der Waals surface area contributed by atoms with Gasteiger partial charge in [0, 0.05) is 25.5 Å². The number of likely N-dealkylation sites (N-methyl/N-ethyl adjacent to an activating group) is 1. The molecule has 0 bridgehead atoms. The summed E-state index contributed by atoms with van der Waals surface area (Å²) in [6.45, 7) is -0.103. The molecule has 0 aliphatic carbocycles. The van der Waals surface area contributed by atoms with Gasteiger partial charge in [0.1, 0.15) is 11.5 Å². The van der Waals surface area contributed by atoms with Crippen LogP contribution in [-0.2, 0) is 16.0 Å². The van der Waals surface area contributed by atoms with Crippen molar-refractivity contribution in [3.8, 4) is 11.3 Å². The van der Waals surface area contributed by atoms with Gasteiger partial charge < -0.3 is 14.6 Å². The third-order valence-electron chi connectivity index (χ3n) is 4.34. The van der Waals surface area contributed by atoms with E-state index < -0.39 is 0 Å². The molecule has 0 saturated carbocycles. The summed E-state index contributed by atoms with van der Waals surface area (Å²) in [5, 5.41) is 3.32. The molecule has 0 aliphatic rings. The van der Waals surface area contributed by atoms with E-state index in [-0.39, 0.29) is 24.8 Å². The maximum Gasteiger partial charge on any atom is 0.244 e. The minimum atomic E-state index is -0.375. The monoisotopic (exact) mass is 430 g/mol. The molecule has 5 nitrogen and oxygen atoms in total. The molecule has 3 aromatic rings. The minimum Gasteiger partial charge on any atom is -0.461 e. The van der Waals surface area contributed by atoms with Crippen molar-refractivity contribution >= 4 is 40.7 Å². The molecular formula is C22H20Cl2N2O3. The number of furan rings is 1. The number of para-hydroxylation sites is 1. The Hall–Kier alpha value is -2.76. The fraction of sp³-hybridized carbons (Fsp3) is 0.182. The zero-order valence-corrected chi connectivity index (χ0v) is 17.3. The predicted molar refractivity (Wildman–Crippen MR) is 115 cm³/mol. The van der Waals surface area contributed by atoms with Gasteiger partial charge in [-0.25, -0.2) is 0 Å². The first-order valence-electron chi connectivity index (χ1n) is 9.06. The molecule has 0 atom stereocenters. The molecule has 0 saturated heterocycles. The molecule has 1 aromatic heterocycles. The Morgan fingerprint density at radius 1 is 0.966 bits per heavy atom. The van der Waals surface area contributed by atoms with Gasteiger partial charge in [-0.3, -0.25) is 9.59 Å². The maximum absolute atomic E-state index is 12.4. The van der Waals surface area contributed by atoms with Crippen LogP contribution >= 0.6 is 23.2 Å². The molecule has 2 aromatic carbocycles. The average Bonchev–Trinajstić information content (AvgIpc) is 3.19. The molecule has 7 heteroatoms. The Morgan fingerprint density at radius 2 is 1.66 bits per heavy atom. The summed E-state index contributed by atoms with van der Waals surface area (Å²) in [6.07, 6.45) is 0.687. The number of benzene rings is 2. The number of hydrogen-bond acceptors (Lipinski definition) is 3. The smallest absolute Gasteiger partial charge is 0.244 e. The first-order chi connectivity index (χ1) is 13.9. The standard InChI is InChI=1S/C22H20Cl2N2O3/c1-26(14-20(27)25-22-17(23)8-5-9-18(22)24)21(28)13-11-16-10-12-19(29-16)15-6-3-2-4-7-15/h2-10,12H,11,13-14H2,1H3,(H,25,27). The van der Waals surface area contributed by atoms with E-state index in [1.54, 1.807) is 25.2 Å². The molecular weight excluding hydrogens is 411 g/mol. The van der Waals surface area contributed by atoms with Crippen molar-refractivity contribution in [1.29, 1.82) is 0 Å². The van der Waals surface area contributed by atoms with Crippen molar-refractivity contribution < 1.29 is 14.0 Å². The number of rotatable bonds is 7. The Labute approximate surface area is 179 Å². The van der Waals surface area contributed by atoms with Crippen LogP contribution in [0.15, 0.2) is 65.1 Å². The molecule has 0 spiro atoms. The third kappa shape index (κ3) is 5.62. The van der Waals surface area contributed by atoms with Gasteiger partial charge in [0.05, 0.1) is 22.3 Å². The van der Waals surface area contributed by atoms with E-state index in [1.807, 2.05) is 42.5 Å². The summed E-state index contributed by atoms with van der Waals surface area (Å²) >= 11 is 12.1. The van der Waals surface area contributed by atoms with E-state index in [0.717, 1.165) is 17.1 Å². The van der Waals surface area contributed by atoms with Crippen molar-refractivity contribution in [2.24, 2.45) is 0 Å².